The molecule has 0 fully saturated rings. The zero-order chi connectivity index (χ0) is 9.21. The Bertz CT molecular complexity index is 76.5. The quantitative estimate of drug-likeness (QED) is 0.307. The first-order chi connectivity index (χ1) is 4.56. The maximum absolute atomic E-state index is 6.67. The van der Waals surface area contributed by atoms with Crippen LogP contribution in [0.2, 0.25) is 19.6 Å². The Labute approximate surface area is 84.9 Å². The molecule has 0 unspecified atom stereocenters. The van der Waals surface area contributed by atoms with Crippen molar-refractivity contribution in [3.63, 3.8) is 0 Å². The van der Waals surface area contributed by atoms with Crippen molar-refractivity contribution in [2.24, 2.45) is 0 Å². The molecule has 0 saturated carbocycles. The SMILES string of the molecule is [Al+3].[C-]#C[Si](C)(C)C.[CH2-]C.[CH2-]C. The van der Waals surface area contributed by atoms with Gasteiger partial charge in [0.05, 0.1) is 8.07 Å². The van der Waals surface area contributed by atoms with Gasteiger partial charge in [0.1, 0.15) is 0 Å². The number of hydrogen-bond donors (Lipinski definition) is 0. The van der Waals surface area contributed by atoms with Crippen LogP contribution in [0, 0.1) is 25.8 Å². The summed E-state index contributed by atoms with van der Waals surface area (Å²) in [7, 11) is -1.21. The van der Waals surface area contributed by atoms with E-state index in [2.05, 4.69) is 39.0 Å². The Hall–Kier alpha value is 0.309. The zero-order valence-corrected chi connectivity index (χ0v) is 10.6. The molecule has 0 aliphatic rings. The van der Waals surface area contributed by atoms with E-state index >= 15 is 0 Å². The molecule has 0 rings (SSSR count). The standard InChI is InChI=1S/C5H9Si.2C2H5.Al/c1-5-6(2,3)4;2*1-2;/h2-4H3;2*1H2,2H3;/q3*-1;+3. The molecule has 0 aromatic heterocycles. The Morgan fingerprint density at radius 2 is 1.09 bits per heavy atom. The Balaban J connectivity index is -0.0000000428. The van der Waals surface area contributed by atoms with Crippen molar-refractivity contribution in [2.75, 3.05) is 0 Å². The summed E-state index contributed by atoms with van der Waals surface area (Å²) >= 11 is 0. The van der Waals surface area contributed by atoms with Crippen LogP contribution in [0.15, 0.2) is 0 Å². The fraction of sp³-hybridized carbons (Fsp3) is 0.556. The fourth-order valence-corrected chi connectivity index (χ4v) is 0. The maximum atomic E-state index is 6.67. The van der Waals surface area contributed by atoms with Gasteiger partial charge in [0.15, 0.2) is 0 Å². The van der Waals surface area contributed by atoms with Crippen molar-refractivity contribution >= 4 is 25.4 Å². The summed E-state index contributed by atoms with van der Waals surface area (Å²) in [4.78, 5) is 0. The number of rotatable bonds is 0. The van der Waals surface area contributed by atoms with Gasteiger partial charge >= 0.3 is 17.4 Å². The molecule has 0 N–H and O–H groups in total. The molecule has 0 aliphatic carbocycles. The minimum Gasteiger partial charge on any atom is -0.701 e. The van der Waals surface area contributed by atoms with E-state index in [1.165, 1.54) is 0 Å². The molecule has 62 valence electrons. The first-order valence-electron chi connectivity index (χ1n) is 3.41. The van der Waals surface area contributed by atoms with E-state index in [1.54, 1.807) is 13.8 Å². The van der Waals surface area contributed by atoms with Gasteiger partial charge in [-0.1, -0.05) is 19.6 Å². The average Bonchev–Trinajstić information content (AvgIpc) is 1.95. The van der Waals surface area contributed by atoms with Gasteiger partial charge in [-0.15, -0.1) is 0 Å². The predicted octanol–water partition coefficient (Wildman–Crippen LogP) is 2.75. The average molecular weight is 182 g/mol. The van der Waals surface area contributed by atoms with Crippen LogP contribution in [0.4, 0.5) is 0 Å². The molecule has 11 heavy (non-hydrogen) atoms. The largest absolute Gasteiger partial charge is 3.00 e. The normalized spacial score (nSPS) is 6.73. The van der Waals surface area contributed by atoms with E-state index < -0.39 is 8.07 Å². The van der Waals surface area contributed by atoms with E-state index in [4.69, 9.17) is 6.42 Å². The third kappa shape index (κ3) is 65.0. The summed E-state index contributed by atoms with van der Waals surface area (Å²) in [6, 6.07) is 0. The van der Waals surface area contributed by atoms with E-state index in [0.29, 0.717) is 0 Å². The molecule has 0 aromatic rings. The second kappa shape index (κ2) is 16.7. The molecule has 0 nitrogen and oxygen atoms in total. The van der Waals surface area contributed by atoms with Crippen molar-refractivity contribution in [3.05, 3.63) is 20.3 Å². The topological polar surface area (TPSA) is 0 Å². The summed E-state index contributed by atoms with van der Waals surface area (Å²) in [5.74, 6) is 0. The molecular formula is C9H19AlSi. The Morgan fingerprint density at radius 1 is 1.00 bits per heavy atom. The van der Waals surface area contributed by atoms with Gasteiger partial charge in [-0.05, 0) is 0 Å². The van der Waals surface area contributed by atoms with E-state index in [0.717, 1.165) is 0 Å². The maximum Gasteiger partial charge on any atom is 3.00 e. The van der Waals surface area contributed by atoms with Crippen LogP contribution in [0.1, 0.15) is 13.8 Å². The summed E-state index contributed by atoms with van der Waals surface area (Å²) in [5.41, 5.74) is 2.49. The van der Waals surface area contributed by atoms with Gasteiger partial charge in [-0.3, -0.25) is 0 Å². The van der Waals surface area contributed by atoms with Crippen LogP contribution in [0.5, 0.6) is 0 Å². The van der Waals surface area contributed by atoms with Gasteiger partial charge in [0.2, 0.25) is 0 Å². The summed E-state index contributed by atoms with van der Waals surface area (Å²) < 4.78 is 0. The van der Waals surface area contributed by atoms with Gasteiger partial charge in [0, 0.05) is 0 Å². The van der Waals surface area contributed by atoms with Crippen molar-refractivity contribution in [1.29, 1.82) is 0 Å². The second-order valence-electron chi connectivity index (χ2n) is 2.38. The van der Waals surface area contributed by atoms with Gasteiger partial charge < -0.3 is 25.8 Å². The third-order valence-electron chi connectivity index (χ3n) is 0.375. The molecular weight excluding hydrogens is 163 g/mol. The van der Waals surface area contributed by atoms with E-state index in [-0.39, 0.29) is 17.4 Å². The third-order valence-corrected chi connectivity index (χ3v) is 1.12. The molecule has 0 aromatic carbocycles. The second-order valence-corrected chi connectivity index (χ2v) is 7.12. The summed E-state index contributed by atoms with van der Waals surface area (Å²) in [6.45, 7) is 16.2. The molecule has 0 atom stereocenters. The summed E-state index contributed by atoms with van der Waals surface area (Å²) in [5, 5.41) is 0. The zero-order valence-electron chi connectivity index (χ0n) is 8.49. The molecule has 0 bridgehead atoms. The molecule has 0 amide bonds. The molecule has 0 spiro atoms. The van der Waals surface area contributed by atoms with E-state index in [9.17, 15) is 0 Å². The molecule has 2 heteroatoms. The molecule has 0 heterocycles. The molecule has 0 aliphatic heterocycles. The van der Waals surface area contributed by atoms with Crippen LogP contribution in [0.3, 0.4) is 0 Å². The number of hydrogen-bond acceptors (Lipinski definition) is 0. The smallest absolute Gasteiger partial charge is 0.701 e. The van der Waals surface area contributed by atoms with Crippen molar-refractivity contribution < 1.29 is 0 Å². The Kier molecular flexibility index (Phi) is 34.2. The molecule has 0 saturated heterocycles. The predicted molar refractivity (Wildman–Crippen MR) is 58.3 cm³/mol. The van der Waals surface area contributed by atoms with E-state index in [1.807, 2.05) is 0 Å². The Morgan fingerprint density at radius 3 is 1.09 bits per heavy atom. The summed E-state index contributed by atoms with van der Waals surface area (Å²) in [6.07, 6.45) is 6.67. The van der Waals surface area contributed by atoms with Crippen LogP contribution in [-0.2, 0) is 0 Å². The molecule has 0 radical (unpaired) electrons. The fourth-order valence-electron chi connectivity index (χ4n) is 0. The van der Waals surface area contributed by atoms with Gasteiger partial charge in [-0.2, -0.15) is 13.8 Å². The first kappa shape index (κ1) is 22.5. The first-order valence-corrected chi connectivity index (χ1v) is 6.91. The minimum absolute atomic E-state index is 0. The monoisotopic (exact) mass is 182 g/mol. The van der Waals surface area contributed by atoms with Crippen LogP contribution < -0.4 is 0 Å². The van der Waals surface area contributed by atoms with Gasteiger partial charge in [-0.25, -0.2) is 0 Å². The minimum atomic E-state index is -1.21. The van der Waals surface area contributed by atoms with Crippen LogP contribution in [-0.4, -0.2) is 25.4 Å². The van der Waals surface area contributed by atoms with Gasteiger partial charge in [0.25, 0.3) is 0 Å². The van der Waals surface area contributed by atoms with Crippen molar-refractivity contribution in [2.45, 2.75) is 33.5 Å². The van der Waals surface area contributed by atoms with Crippen LogP contribution >= 0.6 is 0 Å². The van der Waals surface area contributed by atoms with Crippen LogP contribution in [0.25, 0.3) is 0 Å². The van der Waals surface area contributed by atoms with Crippen molar-refractivity contribution in [1.82, 2.24) is 0 Å². The van der Waals surface area contributed by atoms with Crippen molar-refractivity contribution in [3.8, 4) is 5.54 Å².